The molecule has 22 heavy (non-hydrogen) atoms. The van der Waals surface area contributed by atoms with E-state index in [0.29, 0.717) is 10.7 Å². The van der Waals surface area contributed by atoms with Crippen LogP contribution in [0, 0.1) is 11.3 Å². The molecule has 0 saturated carbocycles. The van der Waals surface area contributed by atoms with Crippen LogP contribution in [0.15, 0.2) is 48.5 Å². The van der Waals surface area contributed by atoms with Crippen LogP contribution in [0.2, 0.25) is 5.02 Å². The summed E-state index contributed by atoms with van der Waals surface area (Å²) in [6.45, 7) is 0. The maximum absolute atomic E-state index is 9.27. The first kappa shape index (κ1) is 14.1. The Labute approximate surface area is 132 Å². The first-order chi connectivity index (χ1) is 10.7. The lowest BCUT2D eigenvalue weighted by atomic mass is 10.1. The number of methoxy groups -OCH3 is 1. The summed E-state index contributed by atoms with van der Waals surface area (Å²) in [5.41, 5.74) is 2.42. The number of halogens is 1. The van der Waals surface area contributed by atoms with Gasteiger partial charge < -0.3 is 4.74 Å². The second-order valence-electron chi connectivity index (χ2n) is 4.52. The summed E-state index contributed by atoms with van der Waals surface area (Å²) in [6, 6.07) is 16.7. The van der Waals surface area contributed by atoms with E-state index >= 15 is 0 Å². The molecule has 1 aromatic heterocycles. The van der Waals surface area contributed by atoms with Gasteiger partial charge in [-0.3, -0.25) is 0 Å². The van der Waals surface area contributed by atoms with E-state index in [1.54, 1.807) is 23.9 Å². The van der Waals surface area contributed by atoms with E-state index in [-0.39, 0.29) is 5.69 Å². The monoisotopic (exact) mass is 310 g/mol. The highest BCUT2D eigenvalue weighted by Crippen LogP contribution is 2.27. The molecule has 0 atom stereocenters. The smallest absolute Gasteiger partial charge is 0.191 e. The number of aromatic nitrogens is 3. The van der Waals surface area contributed by atoms with Crippen LogP contribution in [-0.4, -0.2) is 22.1 Å². The van der Waals surface area contributed by atoms with Gasteiger partial charge in [-0.15, -0.1) is 5.10 Å². The van der Waals surface area contributed by atoms with E-state index in [4.69, 9.17) is 16.3 Å². The zero-order valence-electron chi connectivity index (χ0n) is 11.7. The minimum absolute atomic E-state index is 0.248. The Morgan fingerprint density at radius 1 is 1.18 bits per heavy atom. The van der Waals surface area contributed by atoms with E-state index in [2.05, 4.69) is 16.4 Å². The molecular weight excluding hydrogens is 300 g/mol. The third-order valence-electron chi connectivity index (χ3n) is 3.19. The van der Waals surface area contributed by atoms with Gasteiger partial charge in [0, 0.05) is 10.6 Å². The van der Waals surface area contributed by atoms with Gasteiger partial charge in [0.1, 0.15) is 17.5 Å². The molecule has 108 valence electrons. The zero-order chi connectivity index (χ0) is 15.5. The first-order valence-corrected chi connectivity index (χ1v) is 6.87. The van der Waals surface area contributed by atoms with Crippen molar-refractivity contribution < 1.29 is 4.74 Å². The van der Waals surface area contributed by atoms with Crippen molar-refractivity contribution in [1.82, 2.24) is 15.0 Å². The summed E-state index contributed by atoms with van der Waals surface area (Å²) in [4.78, 5) is 0. The molecule has 3 aromatic rings. The van der Waals surface area contributed by atoms with Gasteiger partial charge in [-0.25, -0.2) is 4.68 Å². The van der Waals surface area contributed by atoms with Crippen molar-refractivity contribution in [2.45, 2.75) is 0 Å². The summed E-state index contributed by atoms with van der Waals surface area (Å²) < 4.78 is 6.76. The Morgan fingerprint density at radius 2 is 1.95 bits per heavy atom. The number of hydrogen-bond donors (Lipinski definition) is 0. The summed E-state index contributed by atoms with van der Waals surface area (Å²) in [5, 5.41) is 17.9. The van der Waals surface area contributed by atoms with Gasteiger partial charge in [0.25, 0.3) is 0 Å². The largest absolute Gasteiger partial charge is 0.497 e. The van der Waals surface area contributed by atoms with Crippen molar-refractivity contribution >= 4 is 11.6 Å². The third-order valence-corrected chi connectivity index (χ3v) is 3.43. The van der Waals surface area contributed by atoms with Crippen molar-refractivity contribution in [2.24, 2.45) is 0 Å². The summed E-state index contributed by atoms with van der Waals surface area (Å²) in [5.74, 6) is 0.744. The predicted molar refractivity (Wildman–Crippen MR) is 83.1 cm³/mol. The van der Waals surface area contributed by atoms with E-state index < -0.39 is 0 Å². The van der Waals surface area contributed by atoms with Gasteiger partial charge in [-0.2, -0.15) is 5.26 Å². The summed E-state index contributed by atoms with van der Waals surface area (Å²) >= 11 is 6.05. The van der Waals surface area contributed by atoms with E-state index in [9.17, 15) is 5.26 Å². The van der Waals surface area contributed by atoms with Crippen molar-refractivity contribution in [3.05, 3.63) is 59.2 Å². The molecule has 1 heterocycles. The Balaban J connectivity index is 2.17. The SMILES string of the molecule is COc1ccc(-n2nnc(C#N)c2-c2cccc(Cl)c2)cc1. The molecule has 0 amide bonds. The maximum atomic E-state index is 9.27. The van der Waals surface area contributed by atoms with Gasteiger partial charge in [-0.1, -0.05) is 28.9 Å². The average Bonchev–Trinajstić information content (AvgIpc) is 2.99. The first-order valence-electron chi connectivity index (χ1n) is 6.49. The van der Waals surface area contributed by atoms with Crippen LogP contribution >= 0.6 is 11.6 Å². The molecule has 0 bridgehead atoms. The Hall–Kier alpha value is -2.84. The highest BCUT2D eigenvalue weighted by atomic mass is 35.5. The van der Waals surface area contributed by atoms with Gasteiger partial charge in [0.05, 0.1) is 12.8 Å². The fourth-order valence-electron chi connectivity index (χ4n) is 2.16. The molecular formula is C16H11ClN4O. The molecule has 0 radical (unpaired) electrons. The van der Waals surface area contributed by atoms with Gasteiger partial charge in [-0.05, 0) is 36.4 Å². The lowest BCUT2D eigenvalue weighted by molar-refractivity contribution is 0.414. The zero-order valence-corrected chi connectivity index (χ0v) is 12.4. The quantitative estimate of drug-likeness (QED) is 0.743. The van der Waals surface area contributed by atoms with Gasteiger partial charge in [0.2, 0.25) is 0 Å². The molecule has 0 saturated heterocycles. The highest BCUT2D eigenvalue weighted by Gasteiger charge is 2.16. The molecule has 3 rings (SSSR count). The summed E-state index contributed by atoms with van der Waals surface area (Å²) in [7, 11) is 1.61. The van der Waals surface area contributed by atoms with Crippen LogP contribution in [-0.2, 0) is 0 Å². The number of rotatable bonds is 3. The second kappa shape index (κ2) is 5.88. The molecule has 0 aliphatic rings. The molecule has 0 aliphatic heterocycles. The minimum Gasteiger partial charge on any atom is -0.497 e. The van der Waals surface area contributed by atoms with Crippen LogP contribution in [0.4, 0.5) is 0 Å². The number of hydrogen-bond acceptors (Lipinski definition) is 4. The Kier molecular flexibility index (Phi) is 3.77. The van der Waals surface area contributed by atoms with Crippen LogP contribution in [0.3, 0.4) is 0 Å². The Bertz CT molecular complexity index is 849. The highest BCUT2D eigenvalue weighted by molar-refractivity contribution is 6.30. The lowest BCUT2D eigenvalue weighted by Crippen LogP contribution is -2.00. The molecule has 6 heteroatoms. The van der Waals surface area contributed by atoms with Gasteiger partial charge in [0.15, 0.2) is 5.69 Å². The van der Waals surface area contributed by atoms with E-state index in [1.807, 2.05) is 36.4 Å². The fourth-order valence-corrected chi connectivity index (χ4v) is 2.35. The predicted octanol–water partition coefficient (Wildman–Crippen LogP) is 3.47. The molecule has 0 unspecified atom stereocenters. The molecule has 0 N–H and O–H groups in total. The third kappa shape index (κ3) is 2.52. The Morgan fingerprint density at radius 3 is 2.59 bits per heavy atom. The number of nitrogens with zero attached hydrogens (tertiary/aromatic N) is 4. The molecule has 0 aliphatic carbocycles. The van der Waals surface area contributed by atoms with E-state index in [0.717, 1.165) is 17.0 Å². The van der Waals surface area contributed by atoms with Crippen molar-refractivity contribution in [1.29, 1.82) is 5.26 Å². The second-order valence-corrected chi connectivity index (χ2v) is 4.96. The average molecular weight is 311 g/mol. The molecule has 0 fully saturated rings. The van der Waals surface area contributed by atoms with Crippen molar-refractivity contribution in [3.63, 3.8) is 0 Å². The standard InChI is InChI=1S/C16H11ClN4O/c1-22-14-7-5-13(6-8-14)21-16(15(10-18)19-20-21)11-3-2-4-12(17)9-11/h2-9H,1H3. The topological polar surface area (TPSA) is 63.7 Å². The molecule has 5 nitrogen and oxygen atoms in total. The van der Waals surface area contributed by atoms with Crippen LogP contribution in [0.5, 0.6) is 5.75 Å². The molecule has 2 aromatic carbocycles. The van der Waals surface area contributed by atoms with E-state index in [1.165, 1.54) is 0 Å². The number of nitriles is 1. The lowest BCUT2D eigenvalue weighted by Gasteiger charge is -2.08. The number of benzene rings is 2. The van der Waals surface area contributed by atoms with Crippen molar-refractivity contribution in [3.8, 4) is 28.8 Å². The summed E-state index contributed by atoms with van der Waals surface area (Å²) in [6.07, 6.45) is 0. The normalized spacial score (nSPS) is 10.2. The number of ether oxygens (including phenoxy) is 1. The van der Waals surface area contributed by atoms with Crippen LogP contribution < -0.4 is 4.74 Å². The van der Waals surface area contributed by atoms with Crippen LogP contribution in [0.25, 0.3) is 16.9 Å². The molecule has 0 spiro atoms. The minimum atomic E-state index is 0.248. The van der Waals surface area contributed by atoms with Gasteiger partial charge >= 0.3 is 0 Å². The maximum Gasteiger partial charge on any atom is 0.191 e. The van der Waals surface area contributed by atoms with Crippen LogP contribution in [0.1, 0.15) is 5.69 Å². The van der Waals surface area contributed by atoms with Crippen molar-refractivity contribution in [2.75, 3.05) is 7.11 Å². The fraction of sp³-hybridized carbons (Fsp3) is 0.0625.